The van der Waals surface area contributed by atoms with E-state index in [-0.39, 0.29) is 0 Å². The summed E-state index contributed by atoms with van der Waals surface area (Å²) in [5, 5.41) is 4.60. The van der Waals surface area contributed by atoms with Crippen molar-refractivity contribution in [3.05, 3.63) is 64.2 Å². The van der Waals surface area contributed by atoms with E-state index in [2.05, 4.69) is 55.6 Å². The van der Waals surface area contributed by atoms with Crippen LogP contribution in [0.3, 0.4) is 0 Å². The zero-order chi connectivity index (χ0) is 14.8. The zero-order valence-corrected chi connectivity index (χ0v) is 14.0. The van der Waals surface area contributed by atoms with Crippen LogP contribution in [0, 0.1) is 6.92 Å². The average Bonchev–Trinajstić information content (AvgIpc) is 2.48. The van der Waals surface area contributed by atoms with E-state index >= 15 is 0 Å². The van der Waals surface area contributed by atoms with Gasteiger partial charge in [-0.15, -0.1) is 11.8 Å². The molecule has 1 heterocycles. The number of rotatable bonds is 3. The summed E-state index contributed by atoms with van der Waals surface area (Å²) >= 11 is 8.11. The zero-order valence-electron chi connectivity index (χ0n) is 12.4. The van der Waals surface area contributed by atoms with Gasteiger partial charge in [-0.05, 0) is 55.3 Å². The van der Waals surface area contributed by atoms with E-state index in [1.54, 1.807) is 0 Å². The Hall–Kier alpha value is -0.960. The Labute approximate surface area is 136 Å². The molecule has 0 fully saturated rings. The Balaban J connectivity index is 1.81. The number of aryl methyl sites for hydroxylation is 1. The van der Waals surface area contributed by atoms with Crippen LogP contribution in [0.25, 0.3) is 0 Å². The van der Waals surface area contributed by atoms with Gasteiger partial charge in [-0.1, -0.05) is 41.4 Å². The minimum Gasteiger partial charge on any atom is -0.303 e. The lowest BCUT2D eigenvalue weighted by atomic mass is 10.00. The van der Waals surface area contributed by atoms with Gasteiger partial charge in [0, 0.05) is 22.0 Å². The van der Waals surface area contributed by atoms with E-state index in [0.29, 0.717) is 12.1 Å². The molecule has 1 aliphatic rings. The van der Waals surface area contributed by atoms with Gasteiger partial charge >= 0.3 is 0 Å². The molecule has 0 spiro atoms. The van der Waals surface area contributed by atoms with Crippen LogP contribution in [0.4, 0.5) is 0 Å². The average molecular weight is 318 g/mol. The van der Waals surface area contributed by atoms with E-state index < -0.39 is 0 Å². The first-order chi connectivity index (χ1) is 10.1. The summed E-state index contributed by atoms with van der Waals surface area (Å²) in [7, 11) is 0. The highest BCUT2D eigenvalue weighted by Crippen LogP contribution is 2.38. The van der Waals surface area contributed by atoms with Crippen LogP contribution in [0.2, 0.25) is 5.02 Å². The van der Waals surface area contributed by atoms with Crippen LogP contribution in [0.1, 0.15) is 42.1 Å². The van der Waals surface area contributed by atoms with Crippen molar-refractivity contribution in [3.63, 3.8) is 0 Å². The molecule has 2 atom stereocenters. The topological polar surface area (TPSA) is 12.0 Å². The summed E-state index contributed by atoms with van der Waals surface area (Å²) in [6.45, 7) is 4.38. The van der Waals surface area contributed by atoms with Crippen molar-refractivity contribution in [2.24, 2.45) is 0 Å². The second kappa shape index (κ2) is 6.43. The Morgan fingerprint density at radius 2 is 2.10 bits per heavy atom. The standard InChI is InChI=1S/C18H20ClNS/c1-12-4-3-5-14(10-12)13(2)20-17-8-9-21-18-7-6-15(19)11-16(17)18/h3-7,10-11,13,17,20H,8-9H2,1-2H3/t13-,17?/m0/s1. The number of thioether (sulfide) groups is 1. The predicted molar refractivity (Wildman–Crippen MR) is 92.3 cm³/mol. The van der Waals surface area contributed by atoms with Crippen LogP contribution in [0.5, 0.6) is 0 Å². The fourth-order valence-corrected chi connectivity index (χ4v) is 4.16. The number of fused-ring (bicyclic) bond motifs is 1. The van der Waals surface area contributed by atoms with Crippen molar-refractivity contribution in [3.8, 4) is 0 Å². The molecule has 0 aromatic heterocycles. The molecule has 3 rings (SSSR count). The van der Waals surface area contributed by atoms with E-state index in [4.69, 9.17) is 11.6 Å². The van der Waals surface area contributed by atoms with E-state index in [9.17, 15) is 0 Å². The summed E-state index contributed by atoms with van der Waals surface area (Å²) in [5.41, 5.74) is 4.00. The van der Waals surface area contributed by atoms with Crippen molar-refractivity contribution in [2.75, 3.05) is 5.75 Å². The fraction of sp³-hybridized carbons (Fsp3) is 0.333. The van der Waals surface area contributed by atoms with Crippen LogP contribution < -0.4 is 5.32 Å². The Morgan fingerprint density at radius 1 is 1.24 bits per heavy atom. The van der Waals surface area contributed by atoms with Gasteiger partial charge in [0.1, 0.15) is 0 Å². The molecular weight excluding hydrogens is 298 g/mol. The SMILES string of the molecule is Cc1cccc([C@H](C)NC2CCSc3ccc(Cl)cc32)c1. The number of halogens is 1. The van der Waals surface area contributed by atoms with Crippen molar-refractivity contribution in [2.45, 2.75) is 37.2 Å². The Bertz CT molecular complexity index is 641. The third-order valence-electron chi connectivity index (χ3n) is 4.00. The monoisotopic (exact) mass is 317 g/mol. The van der Waals surface area contributed by atoms with E-state index in [0.717, 1.165) is 17.2 Å². The first-order valence-corrected chi connectivity index (χ1v) is 8.75. The minimum absolute atomic E-state index is 0.338. The van der Waals surface area contributed by atoms with Crippen LogP contribution in [-0.4, -0.2) is 5.75 Å². The summed E-state index contributed by atoms with van der Waals surface area (Å²) in [6.07, 6.45) is 1.15. The van der Waals surface area contributed by atoms with Gasteiger partial charge in [-0.2, -0.15) is 0 Å². The highest BCUT2D eigenvalue weighted by atomic mass is 35.5. The molecule has 2 aromatic carbocycles. The Kier molecular flexibility index (Phi) is 4.58. The maximum atomic E-state index is 6.18. The maximum Gasteiger partial charge on any atom is 0.0410 e. The van der Waals surface area contributed by atoms with Crippen molar-refractivity contribution >= 4 is 23.4 Å². The summed E-state index contributed by atoms with van der Waals surface area (Å²) in [6, 6.07) is 15.7. The molecule has 1 aliphatic heterocycles. The molecule has 0 bridgehead atoms. The van der Waals surface area contributed by atoms with Gasteiger partial charge in [0.25, 0.3) is 0 Å². The molecule has 0 amide bonds. The largest absolute Gasteiger partial charge is 0.303 e. The third-order valence-corrected chi connectivity index (χ3v) is 5.36. The van der Waals surface area contributed by atoms with Crippen molar-refractivity contribution in [1.29, 1.82) is 0 Å². The first kappa shape index (κ1) is 15.0. The highest BCUT2D eigenvalue weighted by Gasteiger charge is 2.22. The normalized spacial score (nSPS) is 19.1. The lowest BCUT2D eigenvalue weighted by Gasteiger charge is -2.29. The fourth-order valence-electron chi connectivity index (χ4n) is 2.88. The van der Waals surface area contributed by atoms with Crippen LogP contribution in [0.15, 0.2) is 47.4 Å². The predicted octanol–water partition coefficient (Wildman–Crippen LogP) is 5.54. The quantitative estimate of drug-likeness (QED) is 0.798. The smallest absolute Gasteiger partial charge is 0.0410 e. The molecule has 110 valence electrons. The molecule has 0 saturated heterocycles. The molecule has 1 unspecified atom stereocenters. The third kappa shape index (κ3) is 3.45. The molecule has 0 aliphatic carbocycles. The first-order valence-electron chi connectivity index (χ1n) is 7.38. The van der Waals surface area contributed by atoms with Crippen LogP contribution >= 0.6 is 23.4 Å². The maximum absolute atomic E-state index is 6.18. The molecule has 0 saturated carbocycles. The molecule has 21 heavy (non-hydrogen) atoms. The summed E-state index contributed by atoms with van der Waals surface area (Å²) in [5.74, 6) is 1.16. The number of nitrogens with one attached hydrogen (secondary N) is 1. The number of hydrogen-bond acceptors (Lipinski definition) is 2. The molecule has 0 radical (unpaired) electrons. The van der Waals surface area contributed by atoms with Gasteiger partial charge in [0.15, 0.2) is 0 Å². The van der Waals surface area contributed by atoms with Crippen molar-refractivity contribution in [1.82, 2.24) is 5.32 Å². The number of benzene rings is 2. The molecule has 3 heteroatoms. The van der Waals surface area contributed by atoms with Gasteiger partial charge in [-0.3, -0.25) is 0 Å². The highest BCUT2D eigenvalue weighted by molar-refractivity contribution is 7.99. The van der Waals surface area contributed by atoms with E-state index in [1.165, 1.54) is 21.6 Å². The lowest BCUT2D eigenvalue weighted by molar-refractivity contribution is 0.450. The van der Waals surface area contributed by atoms with Crippen molar-refractivity contribution < 1.29 is 0 Å². The molecular formula is C18H20ClNS. The number of hydrogen-bond donors (Lipinski definition) is 1. The summed E-state index contributed by atoms with van der Waals surface area (Å²) in [4.78, 5) is 1.36. The molecule has 2 aromatic rings. The van der Waals surface area contributed by atoms with Gasteiger partial charge in [0.2, 0.25) is 0 Å². The molecule has 1 N–H and O–H groups in total. The van der Waals surface area contributed by atoms with Gasteiger partial charge in [0.05, 0.1) is 0 Å². The summed E-state index contributed by atoms with van der Waals surface area (Å²) < 4.78 is 0. The van der Waals surface area contributed by atoms with Crippen LogP contribution in [-0.2, 0) is 0 Å². The van der Waals surface area contributed by atoms with E-state index in [1.807, 2.05) is 17.8 Å². The molecule has 1 nitrogen and oxygen atoms in total. The van der Waals surface area contributed by atoms with Gasteiger partial charge < -0.3 is 5.32 Å². The van der Waals surface area contributed by atoms with Gasteiger partial charge in [-0.25, -0.2) is 0 Å². The second-order valence-electron chi connectivity index (χ2n) is 5.67. The minimum atomic E-state index is 0.338. The Morgan fingerprint density at radius 3 is 2.90 bits per heavy atom. The second-order valence-corrected chi connectivity index (χ2v) is 7.25. The lowest BCUT2D eigenvalue weighted by Crippen LogP contribution is -2.27.